The van der Waals surface area contributed by atoms with Crippen molar-refractivity contribution in [2.24, 2.45) is 0 Å². The summed E-state index contributed by atoms with van der Waals surface area (Å²) in [4.78, 5) is 25.9. The van der Waals surface area contributed by atoms with Crippen LogP contribution in [0.4, 0.5) is 0 Å². The first kappa shape index (κ1) is 13.7. The van der Waals surface area contributed by atoms with Gasteiger partial charge in [-0.1, -0.05) is 0 Å². The van der Waals surface area contributed by atoms with Crippen LogP contribution in [0.2, 0.25) is 0 Å². The van der Waals surface area contributed by atoms with Crippen molar-refractivity contribution in [3.05, 3.63) is 0 Å². The van der Waals surface area contributed by atoms with Gasteiger partial charge >= 0.3 is 0 Å². The maximum Gasteiger partial charge on any atom is 0.244 e. The van der Waals surface area contributed by atoms with Crippen molar-refractivity contribution in [1.82, 2.24) is 15.5 Å². The van der Waals surface area contributed by atoms with E-state index in [9.17, 15) is 9.59 Å². The van der Waals surface area contributed by atoms with E-state index in [2.05, 4.69) is 10.6 Å². The molecular formula is C12H21N3O2S. The van der Waals surface area contributed by atoms with Gasteiger partial charge in [-0.2, -0.15) is 11.8 Å². The van der Waals surface area contributed by atoms with E-state index in [0.29, 0.717) is 0 Å². The Morgan fingerprint density at radius 3 is 2.72 bits per heavy atom. The second-order valence-corrected chi connectivity index (χ2v) is 5.99. The predicted molar refractivity (Wildman–Crippen MR) is 72.5 cm³/mol. The molecule has 2 fully saturated rings. The summed E-state index contributed by atoms with van der Waals surface area (Å²) in [7, 11) is 0. The molecule has 0 aliphatic carbocycles. The third-order valence-corrected chi connectivity index (χ3v) is 4.45. The molecule has 2 unspecified atom stereocenters. The number of thioether (sulfide) groups is 1. The summed E-state index contributed by atoms with van der Waals surface area (Å²) in [5.41, 5.74) is 0. The highest BCUT2D eigenvalue weighted by Gasteiger charge is 2.27. The monoisotopic (exact) mass is 271 g/mol. The van der Waals surface area contributed by atoms with Gasteiger partial charge in [0.25, 0.3) is 0 Å². The zero-order valence-corrected chi connectivity index (χ0v) is 11.6. The van der Waals surface area contributed by atoms with Crippen molar-refractivity contribution in [2.45, 2.75) is 31.8 Å². The van der Waals surface area contributed by atoms with Crippen LogP contribution in [-0.2, 0) is 9.59 Å². The molecular weight excluding hydrogens is 250 g/mol. The van der Waals surface area contributed by atoms with E-state index < -0.39 is 6.04 Å². The molecule has 2 aliphatic heterocycles. The molecule has 2 N–H and O–H groups in total. The summed E-state index contributed by atoms with van der Waals surface area (Å²) in [5, 5.41) is 6.00. The van der Waals surface area contributed by atoms with Crippen molar-refractivity contribution in [3.8, 4) is 0 Å². The Morgan fingerprint density at radius 1 is 1.39 bits per heavy atom. The highest BCUT2D eigenvalue weighted by molar-refractivity contribution is 7.99. The van der Waals surface area contributed by atoms with Crippen LogP contribution in [0.25, 0.3) is 0 Å². The summed E-state index contributed by atoms with van der Waals surface area (Å²) in [5.74, 6) is 1.83. The van der Waals surface area contributed by atoms with Crippen molar-refractivity contribution < 1.29 is 9.59 Å². The van der Waals surface area contributed by atoms with Crippen LogP contribution in [0, 0.1) is 0 Å². The fourth-order valence-corrected chi connectivity index (χ4v) is 3.25. The predicted octanol–water partition coefficient (Wildman–Crippen LogP) is -0.181. The lowest BCUT2D eigenvalue weighted by molar-refractivity contribution is -0.135. The molecule has 18 heavy (non-hydrogen) atoms. The van der Waals surface area contributed by atoms with Crippen LogP contribution in [0.3, 0.4) is 0 Å². The van der Waals surface area contributed by atoms with Crippen molar-refractivity contribution >= 4 is 23.6 Å². The van der Waals surface area contributed by atoms with E-state index in [1.165, 1.54) is 0 Å². The summed E-state index contributed by atoms with van der Waals surface area (Å²) >= 11 is 1.77. The van der Waals surface area contributed by atoms with Gasteiger partial charge in [0, 0.05) is 31.1 Å². The van der Waals surface area contributed by atoms with E-state index in [1.807, 2.05) is 4.90 Å². The van der Waals surface area contributed by atoms with Crippen LogP contribution >= 0.6 is 11.8 Å². The minimum atomic E-state index is -0.413. The largest absolute Gasteiger partial charge is 0.343 e. The normalized spacial score (nSPS) is 25.8. The molecule has 2 amide bonds. The van der Waals surface area contributed by atoms with Crippen LogP contribution in [0.15, 0.2) is 0 Å². The molecule has 2 heterocycles. The maximum atomic E-state index is 12.0. The number of amides is 2. The summed E-state index contributed by atoms with van der Waals surface area (Å²) < 4.78 is 0. The van der Waals surface area contributed by atoms with Gasteiger partial charge in [-0.3, -0.25) is 9.59 Å². The number of hydrogen-bond acceptors (Lipinski definition) is 4. The topological polar surface area (TPSA) is 61.4 Å². The van der Waals surface area contributed by atoms with Crippen molar-refractivity contribution in [2.75, 3.05) is 31.1 Å². The van der Waals surface area contributed by atoms with Gasteiger partial charge in [0.1, 0.15) is 6.04 Å². The van der Waals surface area contributed by atoms with Gasteiger partial charge in [0.05, 0.1) is 6.04 Å². The number of likely N-dealkylation sites (tertiary alicyclic amines) is 1. The van der Waals surface area contributed by atoms with E-state index in [1.54, 1.807) is 18.7 Å². The number of carbonyl (C=O) groups excluding carboxylic acids is 2. The Hall–Kier alpha value is -0.750. The molecule has 6 heteroatoms. The van der Waals surface area contributed by atoms with E-state index in [0.717, 1.165) is 44.0 Å². The number of nitrogens with one attached hydrogen (secondary N) is 2. The SMILES string of the molecule is CC(NC(=O)C1CSCCN1)C(=O)N1CCCC1. The quantitative estimate of drug-likeness (QED) is 0.747. The first-order chi connectivity index (χ1) is 8.68. The van der Waals surface area contributed by atoms with Gasteiger partial charge in [0.2, 0.25) is 11.8 Å². The second-order valence-electron chi connectivity index (χ2n) is 4.84. The average Bonchev–Trinajstić information content (AvgIpc) is 2.92. The molecule has 0 radical (unpaired) electrons. The smallest absolute Gasteiger partial charge is 0.244 e. The highest BCUT2D eigenvalue weighted by Crippen LogP contribution is 2.10. The van der Waals surface area contributed by atoms with Crippen LogP contribution in [-0.4, -0.2) is 59.9 Å². The summed E-state index contributed by atoms with van der Waals surface area (Å²) in [6.07, 6.45) is 2.15. The molecule has 102 valence electrons. The van der Waals surface area contributed by atoms with Gasteiger partial charge in [-0.05, 0) is 19.8 Å². The third-order valence-electron chi connectivity index (χ3n) is 3.39. The summed E-state index contributed by atoms with van der Waals surface area (Å²) in [6.45, 7) is 4.29. The fourth-order valence-electron chi connectivity index (χ4n) is 2.32. The Balaban J connectivity index is 1.80. The molecule has 5 nitrogen and oxygen atoms in total. The number of carbonyl (C=O) groups is 2. The highest BCUT2D eigenvalue weighted by atomic mass is 32.2. The molecule has 0 aromatic carbocycles. The first-order valence-electron chi connectivity index (χ1n) is 6.59. The molecule has 0 bridgehead atoms. The Morgan fingerprint density at radius 2 is 2.11 bits per heavy atom. The molecule has 0 spiro atoms. The Labute approximate surface area is 112 Å². The van der Waals surface area contributed by atoms with Crippen molar-refractivity contribution in [1.29, 1.82) is 0 Å². The molecule has 2 rings (SSSR count). The van der Waals surface area contributed by atoms with Crippen LogP contribution in [0.1, 0.15) is 19.8 Å². The van der Waals surface area contributed by atoms with Gasteiger partial charge < -0.3 is 15.5 Å². The molecule has 2 atom stereocenters. The fraction of sp³-hybridized carbons (Fsp3) is 0.833. The molecule has 0 aromatic rings. The Bertz CT molecular complexity index is 312. The van der Waals surface area contributed by atoms with Crippen molar-refractivity contribution in [3.63, 3.8) is 0 Å². The van der Waals surface area contributed by atoms with Gasteiger partial charge in [-0.15, -0.1) is 0 Å². The second kappa shape index (κ2) is 6.43. The lowest BCUT2D eigenvalue weighted by Crippen LogP contribution is -2.54. The average molecular weight is 271 g/mol. The lowest BCUT2D eigenvalue weighted by Gasteiger charge is -2.25. The first-order valence-corrected chi connectivity index (χ1v) is 7.74. The van der Waals surface area contributed by atoms with Gasteiger partial charge in [0.15, 0.2) is 0 Å². The van der Waals surface area contributed by atoms with E-state index >= 15 is 0 Å². The molecule has 2 saturated heterocycles. The Kier molecular flexibility index (Phi) is 4.88. The molecule has 0 aromatic heterocycles. The molecule has 0 saturated carbocycles. The lowest BCUT2D eigenvalue weighted by atomic mass is 10.2. The van der Waals surface area contributed by atoms with E-state index in [4.69, 9.17) is 0 Å². The zero-order chi connectivity index (χ0) is 13.0. The third kappa shape index (κ3) is 3.38. The molecule has 2 aliphatic rings. The summed E-state index contributed by atoms with van der Waals surface area (Å²) in [6, 6.07) is -0.568. The number of rotatable bonds is 3. The number of hydrogen-bond donors (Lipinski definition) is 2. The van der Waals surface area contributed by atoms with E-state index in [-0.39, 0.29) is 17.9 Å². The maximum absolute atomic E-state index is 12.0. The minimum Gasteiger partial charge on any atom is -0.343 e. The standard InChI is InChI=1S/C12H21N3O2S/c1-9(12(17)15-5-2-3-6-15)14-11(16)10-8-18-7-4-13-10/h9-10,13H,2-8H2,1H3,(H,14,16). The number of nitrogens with zero attached hydrogens (tertiary/aromatic N) is 1. The van der Waals surface area contributed by atoms with Crippen LogP contribution in [0.5, 0.6) is 0 Å². The van der Waals surface area contributed by atoms with Gasteiger partial charge in [-0.25, -0.2) is 0 Å². The minimum absolute atomic E-state index is 0.0457. The van der Waals surface area contributed by atoms with Crippen LogP contribution < -0.4 is 10.6 Å². The zero-order valence-electron chi connectivity index (χ0n) is 10.8.